The Morgan fingerprint density at radius 3 is 2.71 bits per heavy atom. The number of hydrogen-bond donors (Lipinski definition) is 1. The van der Waals surface area contributed by atoms with Crippen molar-refractivity contribution >= 4 is 17.6 Å². The molecule has 1 N–H and O–H groups in total. The van der Waals surface area contributed by atoms with E-state index in [9.17, 15) is 14.0 Å². The molecule has 0 fully saturated rings. The van der Waals surface area contributed by atoms with Crippen LogP contribution in [0.4, 0.5) is 10.1 Å². The molecule has 5 heteroatoms. The zero-order valence-corrected chi connectivity index (χ0v) is 11.0. The summed E-state index contributed by atoms with van der Waals surface area (Å²) in [6, 6.07) is 12.7. The molecule has 1 atom stereocenters. The van der Waals surface area contributed by atoms with Gasteiger partial charge in [0.25, 0.3) is 5.91 Å². The fourth-order valence-electron chi connectivity index (χ4n) is 2.25. The number of benzene rings is 2. The molecule has 0 aliphatic carbocycles. The molecule has 0 saturated heterocycles. The SMILES string of the molecule is O=C1OC(C(=O)Nc2ccccc2)Cc2cc(F)ccc21. The van der Waals surface area contributed by atoms with Crippen molar-refractivity contribution in [3.05, 3.63) is 65.5 Å². The molecule has 0 spiro atoms. The Hall–Kier alpha value is -2.69. The number of ether oxygens (including phenoxy) is 1. The Morgan fingerprint density at radius 2 is 1.95 bits per heavy atom. The molecule has 1 amide bonds. The first kappa shape index (κ1) is 13.3. The second-order valence-corrected chi connectivity index (χ2v) is 4.75. The molecule has 1 aliphatic rings. The predicted molar refractivity (Wildman–Crippen MR) is 74.4 cm³/mol. The molecular formula is C16H12FNO3. The number of amides is 1. The molecule has 3 rings (SSSR count). The van der Waals surface area contributed by atoms with Gasteiger partial charge in [0, 0.05) is 12.1 Å². The molecule has 0 bridgehead atoms. The number of carbonyl (C=O) groups is 2. The third kappa shape index (κ3) is 2.76. The standard InChI is InChI=1S/C16H12FNO3/c17-11-6-7-13-10(8-11)9-14(21-16(13)20)15(19)18-12-4-2-1-3-5-12/h1-8,14H,9H2,(H,18,19). The van der Waals surface area contributed by atoms with Gasteiger partial charge in [0.15, 0.2) is 6.10 Å². The topological polar surface area (TPSA) is 55.4 Å². The summed E-state index contributed by atoms with van der Waals surface area (Å²) >= 11 is 0. The quantitative estimate of drug-likeness (QED) is 0.863. The minimum Gasteiger partial charge on any atom is -0.448 e. The highest BCUT2D eigenvalue weighted by Crippen LogP contribution is 2.22. The Labute approximate surface area is 120 Å². The van der Waals surface area contributed by atoms with E-state index < -0.39 is 23.8 Å². The van der Waals surface area contributed by atoms with Gasteiger partial charge in [0.05, 0.1) is 5.56 Å². The second-order valence-electron chi connectivity index (χ2n) is 4.75. The molecule has 1 aliphatic heterocycles. The number of nitrogens with one attached hydrogen (secondary N) is 1. The van der Waals surface area contributed by atoms with Crippen LogP contribution in [0, 0.1) is 5.82 Å². The first-order valence-electron chi connectivity index (χ1n) is 6.49. The van der Waals surface area contributed by atoms with Crippen LogP contribution in [0.5, 0.6) is 0 Å². The van der Waals surface area contributed by atoms with Crippen molar-refractivity contribution < 1.29 is 18.7 Å². The lowest BCUT2D eigenvalue weighted by Crippen LogP contribution is -2.38. The number of hydrogen-bond acceptors (Lipinski definition) is 3. The Bertz CT molecular complexity index is 700. The summed E-state index contributed by atoms with van der Waals surface area (Å²) in [6.45, 7) is 0. The average molecular weight is 285 g/mol. The van der Waals surface area contributed by atoms with Gasteiger partial charge >= 0.3 is 5.97 Å². The van der Waals surface area contributed by atoms with Gasteiger partial charge in [-0.2, -0.15) is 0 Å². The fourth-order valence-corrected chi connectivity index (χ4v) is 2.25. The number of para-hydroxylation sites is 1. The Kier molecular flexibility index (Phi) is 3.39. The molecule has 2 aromatic carbocycles. The molecule has 106 valence electrons. The number of cyclic esters (lactones) is 1. The zero-order chi connectivity index (χ0) is 14.8. The molecular weight excluding hydrogens is 273 g/mol. The van der Waals surface area contributed by atoms with Crippen LogP contribution in [0.25, 0.3) is 0 Å². The van der Waals surface area contributed by atoms with Crippen LogP contribution in [0.2, 0.25) is 0 Å². The van der Waals surface area contributed by atoms with Crippen LogP contribution in [-0.2, 0) is 16.0 Å². The normalized spacial score (nSPS) is 16.8. The van der Waals surface area contributed by atoms with Crippen LogP contribution in [0.3, 0.4) is 0 Å². The lowest BCUT2D eigenvalue weighted by molar-refractivity contribution is -0.125. The number of esters is 1. The highest BCUT2D eigenvalue weighted by Gasteiger charge is 2.31. The van der Waals surface area contributed by atoms with Gasteiger partial charge in [-0.3, -0.25) is 4.79 Å². The van der Waals surface area contributed by atoms with Crippen LogP contribution < -0.4 is 5.32 Å². The monoisotopic (exact) mass is 285 g/mol. The summed E-state index contributed by atoms with van der Waals surface area (Å²) in [5, 5.41) is 2.67. The summed E-state index contributed by atoms with van der Waals surface area (Å²) in [4.78, 5) is 24.0. The van der Waals surface area contributed by atoms with Gasteiger partial charge in [-0.15, -0.1) is 0 Å². The van der Waals surface area contributed by atoms with Gasteiger partial charge in [-0.1, -0.05) is 18.2 Å². The molecule has 0 aromatic heterocycles. The van der Waals surface area contributed by atoms with E-state index in [2.05, 4.69) is 5.32 Å². The van der Waals surface area contributed by atoms with Crippen molar-refractivity contribution in [2.75, 3.05) is 5.32 Å². The highest BCUT2D eigenvalue weighted by molar-refractivity contribution is 6.00. The third-order valence-corrected chi connectivity index (χ3v) is 3.28. The molecule has 21 heavy (non-hydrogen) atoms. The summed E-state index contributed by atoms with van der Waals surface area (Å²) in [6.07, 6.45) is -0.788. The molecule has 0 radical (unpaired) electrons. The number of fused-ring (bicyclic) bond motifs is 1. The van der Waals surface area contributed by atoms with Crippen LogP contribution in [-0.4, -0.2) is 18.0 Å². The second kappa shape index (κ2) is 5.36. The Morgan fingerprint density at radius 1 is 1.19 bits per heavy atom. The number of anilines is 1. The maximum atomic E-state index is 13.2. The lowest BCUT2D eigenvalue weighted by Gasteiger charge is -2.23. The number of halogens is 1. The fraction of sp³-hybridized carbons (Fsp3) is 0.125. The number of carbonyl (C=O) groups excluding carboxylic acids is 2. The maximum absolute atomic E-state index is 13.2. The summed E-state index contributed by atoms with van der Waals surface area (Å²) in [5.41, 5.74) is 1.41. The van der Waals surface area contributed by atoms with Crippen molar-refractivity contribution in [2.45, 2.75) is 12.5 Å². The van der Waals surface area contributed by atoms with Gasteiger partial charge in [0.2, 0.25) is 0 Å². The minimum atomic E-state index is -0.952. The van der Waals surface area contributed by atoms with Crippen LogP contribution in [0.15, 0.2) is 48.5 Å². The minimum absolute atomic E-state index is 0.164. The van der Waals surface area contributed by atoms with E-state index in [1.165, 1.54) is 18.2 Å². The van der Waals surface area contributed by atoms with E-state index in [1.807, 2.05) is 6.07 Å². The molecule has 2 aromatic rings. The number of rotatable bonds is 2. The van der Waals surface area contributed by atoms with E-state index >= 15 is 0 Å². The van der Waals surface area contributed by atoms with E-state index in [0.717, 1.165) is 0 Å². The largest absolute Gasteiger partial charge is 0.448 e. The van der Waals surface area contributed by atoms with Gasteiger partial charge < -0.3 is 10.1 Å². The van der Waals surface area contributed by atoms with Crippen molar-refractivity contribution in [3.8, 4) is 0 Å². The summed E-state index contributed by atoms with van der Waals surface area (Å²) in [7, 11) is 0. The molecule has 4 nitrogen and oxygen atoms in total. The average Bonchev–Trinajstić information content (AvgIpc) is 2.47. The molecule has 1 unspecified atom stereocenters. The first-order valence-corrected chi connectivity index (χ1v) is 6.49. The van der Waals surface area contributed by atoms with E-state index in [0.29, 0.717) is 16.8 Å². The van der Waals surface area contributed by atoms with Crippen molar-refractivity contribution in [2.24, 2.45) is 0 Å². The van der Waals surface area contributed by atoms with E-state index in [4.69, 9.17) is 4.74 Å². The van der Waals surface area contributed by atoms with Gasteiger partial charge in [-0.25, -0.2) is 9.18 Å². The highest BCUT2D eigenvalue weighted by atomic mass is 19.1. The lowest BCUT2D eigenvalue weighted by atomic mass is 9.98. The molecule has 1 heterocycles. The Balaban J connectivity index is 1.79. The third-order valence-electron chi connectivity index (χ3n) is 3.28. The van der Waals surface area contributed by atoms with Crippen molar-refractivity contribution in [1.29, 1.82) is 0 Å². The summed E-state index contributed by atoms with van der Waals surface area (Å²) in [5.74, 6) is -1.47. The van der Waals surface area contributed by atoms with Crippen molar-refractivity contribution in [3.63, 3.8) is 0 Å². The van der Waals surface area contributed by atoms with E-state index in [1.54, 1.807) is 24.3 Å². The predicted octanol–water partition coefficient (Wildman–Crippen LogP) is 2.55. The summed E-state index contributed by atoms with van der Waals surface area (Å²) < 4.78 is 18.4. The van der Waals surface area contributed by atoms with Crippen LogP contribution >= 0.6 is 0 Å². The van der Waals surface area contributed by atoms with E-state index in [-0.39, 0.29) is 6.42 Å². The van der Waals surface area contributed by atoms with Gasteiger partial charge in [-0.05, 0) is 35.9 Å². The van der Waals surface area contributed by atoms with Crippen molar-refractivity contribution in [1.82, 2.24) is 0 Å². The molecule has 0 saturated carbocycles. The zero-order valence-electron chi connectivity index (χ0n) is 11.0. The van der Waals surface area contributed by atoms with Gasteiger partial charge in [0.1, 0.15) is 5.82 Å². The maximum Gasteiger partial charge on any atom is 0.339 e. The first-order chi connectivity index (χ1) is 10.1. The van der Waals surface area contributed by atoms with Crippen LogP contribution in [0.1, 0.15) is 15.9 Å². The smallest absolute Gasteiger partial charge is 0.339 e.